The van der Waals surface area contributed by atoms with Gasteiger partial charge < -0.3 is 4.90 Å². The lowest BCUT2D eigenvalue weighted by atomic mass is 9.87. The zero-order valence-electron chi connectivity index (χ0n) is 12.3. The first kappa shape index (κ1) is 13.8. The van der Waals surface area contributed by atoms with E-state index in [4.69, 9.17) is 0 Å². The Morgan fingerprint density at radius 1 is 1.38 bits per heavy atom. The predicted octanol–water partition coefficient (Wildman–Crippen LogP) is 3.52. The third kappa shape index (κ3) is 2.56. The van der Waals surface area contributed by atoms with Crippen molar-refractivity contribution in [2.24, 2.45) is 11.8 Å². The minimum Gasteiger partial charge on any atom is -0.338 e. The van der Waals surface area contributed by atoms with Crippen molar-refractivity contribution >= 4 is 16.8 Å². The molecule has 0 bridgehead atoms. The van der Waals surface area contributed by atoms with Gasteiger partial charge in [0.25, 0.3) is 5.91 Å². The molecule has 0 spiro atoms. The smallest absolute Gasteiger partial charge is 0.254 e. The molecule has 2 atom stereocenters. The molecule has 3 nitrogen and oxygen atoms in total. The van der Waals surface area contributed by atoms with Crippen LogP contribution in [-0.2, 0) is 0 Å². The number of hydrogen-bond donors (Lipinski definition) is 0. The van der Waals surface area contributed by atoms with Gasteiger partial charge in [-0.25, -0.2) is 0 Å². The Balaban J connectivity index is 1.92. The van der Waals surface area contributed by atoms with E-state index in [2.05, 4.69) is 18.5 Å². The molecular weight excluding hydrogens is 260 g/mol. The number of nitrogens with zero attached hydrogens (tertiary/aromatic N) is 2. The molecule has 0 N–H and O–H groups in total. The van der Waals surface area contributed by atoms with Crippen LogP contribution in [0.5, 0.6) is 0 Å². The maximum absolute atomic E-state index is 12.8. The number of para-hydroxylation sites is 1. The van der Waals surface area contributed by atoms with E-state index in [0.29, 0.717) is 11.8 Å². The highest BCUT2D eigenvalue weighted by atomic mass is 16.2. The molecule has 3 heteroatoms. The van der Waals surface area contributed by atoms with E-state index in [1.165, 1.54) is 0 Å². The first-order chi connectivity index (χ1) is 10.2. The standard InChI is InChI=1S/C18H20N2O/c1-3-14-12-20(11-9-13(14)2)18(21)16-8-10-19-17-7-5-4-6-15(16)17/h3-8,10,13-14H,1,9,11-12H2,2H3. The molecule has 0 radical (unpaired) electrons. The van der Waals surface area contributed by atoms with Crippen molar-refractivity contribution in [3.8, 4) is 0 Å². The summed E-state index contributed by atoms with van der Waals surface area (Å²) in [5, 5.41) is 0.929. The maximum Gasteiger partial charge on any atom is 0.254 e. The van der Waals surface area contributed by atoms with Gasteiger partial charge >= 0.3 is 0 Å². The van der Waals surface area contributed by atoms with Crippen molar-refractivity contribution in [1.82, 2.24) is 9.88 Å². The molecule has 1 saturated heterocycles. The van der Waals surface area contributed by atoms with Crippen molar-refractivity contribution in [2.45, 2.75) is 13.3 Å². The zero-order chi connectivity index (χ0) is 14.8. The van der Waals surface area contributed by atoms with Crippen LogP contribution in [0.1, 0.15) is 23.7 Å². The molecule has 1 aromatic carbocycles. The van der Waals surface area contributed by atoms with E-state index in [9.17, 15) is 4.79 Å². The number of amides is 1. The molecule has 0 saturated carbocycles. The molecule has 1 fully saturated rings. The summed E-state index contributed by atoms with van der Waals surface area (Å²) in [4.78, 5) is 19.1. The molecule has 0 aliphatic carbocycles. The van der Waals surface area contributed by atoms with E-state index in [1.807, 2.05) is 41.3 Å². The summed E-state index contributed by atoms with van der Waals surface area (Å²) in [7, 11) is 0. The minimum absolute atomic E-state index is 0.104. The van der Waals surface area contributed by atoms with Crippen LogP contribution < -0.4 is 0 Å². The first-order valence-corrected chi connectivity index (χ1v) is 7.46. The largest absolute Gasteiger partial charge is 0.338 e. The number of pyridine rings is 1. The second kappa shape index (κ2) is 5.68. The predicted molar refractivity (Wildman–Crippen MR) is 85.1 cm³/mol. The summed E-state index contributed by atoms with van der Waals surface area (Å²) in [5.41, 5.74) is 1.62. The molecule has 1 aliphatic rings. The van der Waals surface area contributed by atoms with Gasteiger partial charge in [0.1, 0.15) is 0 Å². The van der Waals surface area contributed by atoms with Crippen LogP contribution in [-0.4, -0.2) is 28.9 Å². The number of carbonyl (C=O) groups is 1. The van der Waals surface area contributed by atoms with Gasteiger partial charge in [-0.05, 0) is 30.4 Å². The SMILES string of the molecule is C=CC1CN(C(=O)c2ccnc3ccccc23)CCC1C. The van der Waals surface area contributed by atoms with Crippen molar-refractivity contribution in [2.75, 3.05) is 13.1 Å². The van der Waals surface area contributed by atoms with E-state index >= 15 is 0 Å². The number of likely N-dealkylation sites (tertiary alicyclic amines) is 1. The molecule has 3 rings (SSSR count). The molecular formula is C18H20N2O. The Bertz CT molecular complexity index is 674. The third-order valence-corrected chi connectivity index (χ3v) is 4.49. The number of aromatic nitrogens is 1. The first-order valence-electron chi connectivity index (χ1n) is 7.46. The van der Waals surface area contributed by atoms with Crippen LogP contribution >= 0.6 is 0 Å². The summed E-state index contributed by atoms with van der Waals surface area (Å²) in [6.07, 6.45) is 4.73. The molecule has 1 aliphatic heterocycles. The Kier molecular flexibility index (Phi) is 3.74. The average Bonchev–Trinajstić information content (AvgIpc) is 2.54. The van der Waals surface area contributed by atoms with Crippen molar-refractivity contribution in [3.63, 3.8) is 0 Å². The number of rotatable bonds is 2. The van der Waals surface area contributed by atoms with Crippen LogP contribution in [0.4, 0.5) is 0 Å². The van der Waals surface area contributed by atoms with Gasteiger partial charge in [-0.1, -0.05) is 31.2 Å². The quantitative estimate of drug-likeness (QED) is 0.789. The molecule has 1 amide bonds. The van der Waals surface area contributed by atoms with Crippen molar-refractivity contribution < 1.29 is 4.79 Å². The lowest BCUT2D eigenvalue weighted by Crippen LogP contribution is -2.42. The van der Waals surface area contributed by atoms with Gasteiger partial charge in [0, 0.05) is 24.7 Å². The highest BCUT2D eigenvalue weighted by Crippen LogP contribution is 2.26. The fraction of sp³-hybridized carbons (Fsp3) is 0.333. The Morgan fingerprint density at radius 3 is 3.00 bits per heavy atom. The number of carbonyl (C=O) groups excluding carboxylic acids is 1. The Morgan fingerprint density at radius 2 is 2.19 bits per heavy atom. The highest BCUT2D eigenvalue weighted by molar-refractivity contribution is 6.06. The summed E-state index contributed by atoms with van der Waals surface area (Å²) in [6, 6.07) is 9.63. The average molecular weight is 280 g/mol. The number of hydrogen-bond acceptors (Lipinski definition) is 2. The molecule has 108 valence electrons. The van der Waals surface area contributed by atoms with Gasteiger partial charge in [-0.15, -0.1) is 6.58 Å². The fourth-order valence-corrected chi connectivity index (χ4v) is 3.04. The van der Waals surface area contributed by atoms with Crippen molar-refractivity contribution in [1.29, 1.82) is 0 Å². The topological polar surface area (TPSA) is 33.2 Å². The molecule has 2 unspecified atom stereocenters. The van der Waals surface area contributed by atoms with Crippen molar-refractivity contribution in [3.05, 3.63) is 54.7 Å². The molecule has 2 heterocycles. The van der Waals surface area contributed by atoms with Crippen LogP contribution in [0, 0.1) is 11.8 Å². The van der Waals surface area contributed by atoms with E-state index in [1.54, 1.807) is 6.20 Å². The lowest BCUT2D eigenvalue weighted by Gasteiger charge is -2.35. The maximum atomic E-state index is 12.8. The second-order valence-electron chi connectivity index (χ2n) is 5.79. The number of fused-ring (bicyclic) bond motifs is 1. The van der Waals surface area contributed by atoms with E-state index in [0.717, 1.165) is 36.0 Å². The van der Waals surface area contributed by atoms with Gasteiger partial charge in [0.15, 0.2) is 0 Å². The molecule has 21 heavy (non-hydrogen) atoms. The van der Waals surface area contributed by atoms with Gasteiger partial charge in [0.05, 0.1) is 11.1 Å². The lowest BCUT2D eigenvalue weighted by molar-refractivity contribution is 0.0652. The minimum atomic E-state index is 0.104. The zero-order valence-corrected chi connectivity index (χ0v) is 12.3. The Labute approximate surface area is 125 Å². The van der Waals surface area contributed by atoms with E-state index < -0.39 is 0 Å². The van der Waals surface area contributed by atoms with Gasteiger partial charge in [-0.2, -0.15) is 0 Å². The van der Waals surface area contributed by atoms with E-state index in [-0.39, 0.29) is 5.91 Å². The molecule has 2 aromatic rings. The van der Waals surface area contributed by atoms with Crippen LogP contribution in [0.2, 0.25) is 0 Å². The van der Waals surface area contributed by atoms with Gasteiger partial charge in [0.2, 0.25) is 0 Å². The fourth-order valence-electron chi connectivity index (χ4n) is 3.04. The third-order valence-electron chi connectivity index (χ3n) is 4.49. The van der Waals surface area contributed by atoms with Gasteiger partial charge in [-0.3, -0.25) is 9.78 Å². The van der Waals surface area contributed by atoms with Crippen LogP contribution in [0.25, 0.3) is 10.9 Å². The van der Waals surface area contributed by atoms with Crippen LogP contribution in [0.15, 0.2) is 49.2 Å². The number of piperidine rings is 1. The summed E-state index contributed by atoms with van der Waals surface area (Å²) in [5.74, 6) is 1.09. The van der Waals surface area contributed by atoms with Crippen LogP contribution in [0.3, 0.4) is 0 Å². The monoisotopic (exact) mass is 280 g/mol. The normalized spacial score (nSPS) is 22.2. The summed E-state index contributed by atoms with van der Waals surface area (Å²) >= 11 is 0. The summed E-state index contributed by atoms with van der Waals surface area (Å²) < 4.78 is 0. The number of benzene rings is 1. The highest BCUT2D eigenvalue weighted by Gasteiger charge is 2.28. The summed E-state index contributed by atoms with van der Waals surface area (Å²) in [6.45, 7) is 7.72. The second-order valence-corrected chi connectivity index (χ2v) is 5.79. The Hall–Kier alpha value is -2.16. The molecule has 1 aromatic heterocycles.